The number of hydrogen-bond donors (Lipinski definition) is 1. The predicted octanol–water partition coefficient (Wildman–Crippen LogP) is 4.37. The lowest BCUT2D eigenvalue weighted by molar-refractivity contribution is -0.114. The van der Waals surface area contributed by atoms with Gasteiger partial charge in [-0.2, -0.15) is 10.2 Å². The predicted molar refractivity (Wildman–Crippen MR) is 76.1 cm³/mol. The molecule has 0 saturated heterocycles. The van der Waals surface area contributed by atoms with Crippen LogP contribution in [0.2, 0.25) is 0 Å². The van der Waals surface area contributed by atoms with Crippen molar-refractivity contribution in [1.82, 2.24) is 0 Å². The molecule has 2 aromatic carbocycles. The van der Waals surface area contributed by atoms with Gasteiger partial charge in [-0.25, -0.2) is 0 Å². The maximum Gasteiger partial charge on any atom is 0.221 e. The molecular weight excluding hydrogens is 238 g/mol. The van der Waals surface area contributed by atoms with Crippen LogP contribution in [0.4, 0.5) is 17.1 Å². The summed E-state index contributed by atoms with van der Waals surface area (Å²) in [6, 6.07) is 15.0. The molecule has 0 spiro atoms. The van der Waals surface area contributed by atoms with Crippen molar-refractivity contribution < 1.29 is 4.79 Å². The highest BCUT2D eigenvalue weighted by Gasteiger charge is 1.95. The Hall–Kier alpha value is -2.49. The van der Waals surface area contributed by atoms with E-state index >= 15 is 0 Å². The van der Waals surface area contributed by atoms with Gasteiger partial charge in [-0.05, 0) is 43.3 Å². The molecule has 0 aliphatic rings. The average Bonchev–Trinajstić information content (AvgIpc) is 2.39. The van der Waals surface area contributed by atoms with Gasteiger partial charge in [0.1, 0.15) is 0 Å². The monoisotopic (exact) mass is 253 g/mol. The fourth-order valence-corrected chi connectivity index (χ4v) is 1.54. The maximum atomic E-state index is 10.9. The number of nitrogens with zero attached hydrogens (tertiary/aromatic N) is 2. The van der Waals surface area contributed by atoms with Crippen molar-refractivity contribution in [3.05, 3.63) is 54.1 Å². The van der Waals surface area contributed by atoms with E-state index in [1.54, 1.807) is 12.1 Å². The zero-order valence-electron chi connectivity index (χ0n) is 10.9. The van der Waals surface area contributed by atoms with Gasteiger partial charge in [-0.3, -0.25) is 4.79 Å². The quantitative estimate of drug-likeness (QED) is 0.811. The molecule has 1 amide bonds. The number of rotatable bonds is 3. The fraction of sp³-hybridized carbons (Fsp3) is 0.133. The molecule has 2 rings (SSSR count). The Bertz CT molecular complexity index is 586. The lowest BCUT2D eigenvalue weighted by Gasteiger charge is -2.01. The third-order valence-electron chi connectivity index (χ3n) is 2.50. The van der Waals surface area contributed by atoms with Crippen LogP contribution in [-0.2, 0) is 4.79 Å². The first kappa shape index (κ1) is 13.0. The van der Waals surface area contributed by atoms with Crippen molar-refractivity contribution in [3.8, 4) is 0 Å². The Morgan fingerprint density at radius 1 is 0.895 bits per heavy atom. The molecule has 4 heteroatoms. The van der Waals surface area contributed by atoms with E-state index in [2.05, 4.69) is 15.5 Å². The molecule has 0 aliphatic heterocycles. The topological polar surface area (TPSA) is 53.8 Å². The zero-order chi connectivity index (χ0) is 13.7. The summed E-state index contributed by atoms with van der Waals surface area (Å²) in [6.45, 7) is 3.51. The number of benzene rings is 2. The lowest BCUT2D eigenvalue weighted by atomic mass is 10.2. The molecule has 0 fully saturated rings. The largest absolute Gasteiger partial charge is 0.326 e. The van der Waals surface area contributed by atoms with E-state index in [1.807, 2.05) is 43.3 Å². The van der Waals surface area contributed by atoms with Crippen LogP contribution in [0.5, 0.6) is 0 Å². The summed E-state index contributed by atoms with van der Waals surface area (Å²) in [5, 5.41) is 11.0. The Balaban J connectivity index is 2.06. The van der Waals surface area contributed by atoms with Crippen LogP contribution in [0.15, 0.2) is 58.8 Å². The van der Waals surface area contributed by atoms with Crippen molar-refractivity contribution in [2.75, 3.05) is 5.32 Å². The third-order valence-corrected chi connectivity index (χ3v) is 2.50. The second-order valence-electron chi connectivity index (χ2n) is 4.26. The Kier molecular flexibility index (Phi) is 4.03. The van der Waals surface area contributed by atoms with E-state index in [0.29, 0.717) is 0 Å². The second kappa shape index (κ2) is 5.91. The van der Waals surface area contributed by atoms with E-state index in [4.69, 9.17) is 0 Å². The highest BCUT2D eigenvalue weighted by atomic mass is 16.1. The van der Waals surface area contributed by atoms with Gasteiger partial charge in [0.05, 0.1) is 11.4 Å². The summed E-state index contributed by atoms with van der Waals surface area (Å²) in [5.41, 5.74) is 3.51. The van der Waals surface area contributed by atoms with Gasteiger partial charge in [0.25, 0.3) is 0 Å². The van der Waals surface area contributed by atoms with Gasteiger partial charge < -0.3 is 5.32 Å². The normalized spacial score (nSPS) is 10.6. The zero-order valence-corrected chi connectivity index (χ0v) is 10.9. The maximum absolute atomic E-state index is 10.9. The Labute approximate surface area is 112 Å². The summed E-state index contributed by atoms with van der Waals surface area (Å²) in [6.07, 6.45) is 0. The van der Waals surface area contributed by atoms with Crippen molar-refractivity contribution in [2.45, 2.75) is 13.8 Å². The number of carbonyl (C=O) groups excluding carboxylic acids is 1. The van der Waals surface area contributed by atoms with Gasteiger partial charge in [0, 0.05) is 12.6 Å². The Morgan fingerprint density at radius 2 is 1.37 bits per heavy atom. The standard InChI is InChI=1S/C15H15N3O/c1-11-3-5-14(6-4-11)17-18-15-9-7-13(8-10-15)16-12(2)19/h3-10H,1-2H3,(H,16,19). The van der Waals surface area contributed by atoms with E-state index in [1.165, 1.54) is 12.5 Å². The number of azo groups is 1. The summed E-state index contributed by atoms with van der Waals surface area (Å²) >= 11 is 0. The molecule has 0 saturated carbocycles. The molecule has 0 bridgehead atoms. The number of amides is 1. The number of nitrogens with one attached hydrogen (secondary N) is 1. The lowest BCUT2D eigenvalue weighted by Crippen LogP contribution is -2.04. The van der Waals surface area contributed by atoms with Crippen LogP contribution in [0.25, 0.3) is 0 Å². The first-order valence-corrected chi connectivity index (χ1v) is 5.99. The van der Waals surface area contributed by atoms with Gasteiger partial charge in [0.15, 0.2) is 0 Å². The SMILES string of the molecule is CC(=O)Nc1ccc(N=Nc2ccc(C)cc2)cc1. The van der Waals surface area contributed by atoms with Crippen LogP contribution in [-0.4, -0.2) is 5.91 Å². The van der Waals surface area contributed by atoms with Crippen LogP contribution < -0.4 is 5.32 Å². The van der Waals surface area contributed by atoms with Gasteiger partial charge in [0.2, 0.25) is 5.91 Å². The molecule has 96 valence electrons. The van der Waals surface area contributed by atoms with E-state index in [0.717, 1.165) is 17.1 Å². The molecule has 1 N–H and O–H groups in total. The summed E-state index contributed by atoms with van der Waals surface area (Å²) in [4.78, 5) is 10.9. The smallest absolute Gasteiger partial charge is 0.221 e. The number of anilines is 1. The van der Waals surface area contributed by atoms with Crippen molar-refractivity contribution in [2.24, 2.45) is 10.2 Å². The van der Waals surface area contributed by atoms with Crippen LogP contribution in [0.1, 0.15) is 12.5 Å². The van der Waals surface area contributed by atoms with Gasteiger partial charge in [-0.1, -0.05) is 17.7 Å². The molecule has 0 heterocycles. The van der Waals surface area contributed by atoms with E-state index in [9.17, 15) is 4.79 Å². The second-order valence-corrected chi connectivity index (χ2v) is 4.26. The van der Waals surface area contributed by atoms with Crippen LogP contribution in [0, 0.1) is 6.92 Å². The van der Waals surface area contributed by atoms with E-state index in [-0.39, 0.29) is 5.91 Å². The number of carbonyl (C=O) groups is 1. The van der Waals surface area contributed by atoms with Crippen molar-refractivity contribution >= 4 is 23.0 Å². The van der Waals surface area contributed by atoms with Crippen LogP contribution >= 0.6 is 0 Å². The minimum atomic E-state index is -0.0889. The molecule has 19 heavy (non-hydrogen) atoms. The van der Waals surface area contributed by atoms with Crippen molar-refractivity contribution in [3.63, 3.8) is 0 Å². The molecule has 0 aromatic heterocycles. The third kappa shape index (κ3) is 4.03. The average molecular weight is 253 g/mol. The highest BCUT2D eigenvalue weighted by molar-refractivity contribution is 5.88. The molecule has 0 atom stereocenters. The minimum absolute atomic E-state index is 0.0889. The summed E-state index contributed by atoms with van der Waals surface area (Å²) in [5.74, 6) is -0.0889. The summed E-state index contributed by atoms with van der Waals surface area (Å²) < 4.78 is 0. The van der Waals surface area contributed by atoms with E-state index < -0.39 is 0 Å². The number of hydrogen-bond acceptors (Lipinski definition) is 3. The first-order chi connectivity index (χ1) is 9.13. The molecular formula is C15H15N3O. The van der Waals surface area contributed by atoms with Crippen LogP contribution in [0.3, 0.4) is 0 Å². The fourth-order valence-electron chi connectivity index (χ4n) is 1.54. The number of aryl methyl sites for hydroxylation is 1. The van der Waals surface area contributed by atoms with Gasteiger partial charge >= 0.3 is 0 Å². The molecule has 0 radical (unpaired) electrons. The molecule has 4 nitrogen and oxygen atoms in total. The first-order valence-electron chi connectivity index (χ1n) is 5.99. The molecule has 0 unspecified atom stereocenters. The highest BCUT2D eigenvalue weighted by Crippen LogP contribution is 2.20. The minimum Gasteiger partial charge on any atom is -0.326 e. The Morgan fingerprint density at radius 3 is 1.84 bits per heavy atom. The summed E-state index contributed by atoms with van der Waals surface area (Å²) in [7, 11) is 0. The van der Waals surface area contributed by atoms with Crippen molar-refractivity contribution in [1.29, 1.82) is 0 Å². The molecule has 0 aliphatic carbocycles. The molecule has 2 aromatic rings. The van der Waals surface area contributed by atoms with Gasteiger partial charge in [-0.15, -0.1) is 0 Å².